The SMILES string of the molecule is CC(C)(C)c1ccc(CCS(=O)(=O)NCCc2noc(C(C)(C)C)n2)cc1. The van der Waals surface area contributed by atoms with E-state index in [2.05, 4.69) is 47.8 Å². The van der Waals surface area contributed by atoms with Gasteiger partial charge in [0, 0.05) is 18.4 Å². The van der Waals surface area contributed by atoms with Crippen molar-refractivity contribution in [3.05, 3.63) is 47.1 Å². The zero-order chi connectivity index (χ0) is 20.3. The molecule has 0 saturated heterocycles. The molecule has 7 heteroatoms. The first kappa shape index (κ1) is 21.6. The van der Waals surface area contributed by atoms with E-state index in [4.69, 9.17) is 4.52 Å². The molecule has 2 aromatic rings. The molecule has 0 aliphatic heterocycles. The first-order valence-electron chi connectivity index (χ1n) is 9.27. The summed E-state index contributed by atoms with van der Waals surface area (Å²) < 4.78 is 32.2. The molecular weight excluding hydrogens is 362 g/mol. The summed E-state index contributed by atoms with van der Waals surface area (Å²) in [5.41, 5.74) is 2.13. The molecule has 0 bridgehead atoms. The number of sulfonamides is 1. The molecule has 0 aliphatic carbocycles. The van der Waals surface area contributed by atoms with E-state index < -0.39 is 10.0 Å². The molecule has 0 fully saturated rings. The molecule has 0 saturated carbocycles. The van der Waals surface area contributed by atoms with E-state index in [1.54, 1.807) is 0 Å². The first-order chi connectivity index (χ1) is 12.4. The summed E-state index contributed by atoms with van der Waals surface area (Å²) in [4.78, 5) is 4.31. The van der Waals surface area contributed by atoms with Crippen LogP contribution in [-0.4, -0.2) is 30.9 Å². The molecule has 1 heterocycles. The Balaban J connectivity index is 1.82. The molecule has 27 heavy (non-hydrogen) atoms. The van der Waals surface area contributed by atoms with E-state index in [0.29, 0.717) is 24.6 Å². The van der Waals surface area contributed by atoms with E-state index in [1.807, 2.05) is 32.9 Å². The smallest absolute Gasteiger partial charge is 0.232 e. The molecule has 0 amide bonds. The van der Waals surface area contributed by atoms with Crippen molar-refractivity contribution in [3.8, 4) is 0 Å². The van der Waals surface area contributed by atoms with Gasteiger partial charge in [-0.05, 0) is 23.0 Å². The van der Waals surface area contributed by atoms with Gasteiger partial charge in [-0.1, -0.05) is 71.0 Å². The number of benzene rings is 1. The second-order valence-corrected chi connectivity index (χ2v) is 10.9. The van der Waals surface area contributed by atoms with Crippen molar-refractivity contribution in [2.75, 3.05) is 12.3 Å². The molecule has 1 aromatic heterocycles. The van der Waals surface area contributed by atoms with Gasteiger partial charge in [0.2, 0.25) is 15.9 Å². The Morgan fingerprint density at radius 2 is 1.59 bits per heavy atom. The Morgan fingerprint density at radius 1 is 0.963 bits per heavy atom. The third-order valence-corrected chi connectivity index (χ3v) is 5.65. The fourth-order valence-electron chi connectivity index (χ4n) is 2.47. The van der Waals surface area contributed by atoms with Gasteiger partial charge < -0.3 is 4.52 Å². The van der Waals surface area contributed by atoms with Gasteiger partial charge >= 0.3 is 0 Å². The fourth-order valence-corrected chi connectivity index (χ4v) is 3.54. The van der Waals surface area contributed by atoms with Crippen molar-refractivity contribution < 1.29 is 12.9 Å². The largest absolute Gasteiger partial charge is 0.339 e. The number of rotatable bonds is 7. The van der Waals surface area contributed by atoms with Crippen LogP contribution in [0.5, 0.6) is 0 Å². The van der Waals surface area contributed by atoms with Crippen LogP contribution < -0.4 is 4.72 Å². The van der Waals surface area contributed by atoms with Gasteiger partial charge in [0.25, 0.3) is 0 Å². The number of hydrogen-bond donors (Lipinski definition) is 1. The highest BCUT2D eigenvalue weighted by Gasteiger charge is 2.21. The summed E-state index contributed by atoms with van der Waals surface area (Å²) in [6, 6.07) is 8.14. The lowest BCUT2D eigenvalue weighted by atomic mass is 9.86. The van der Waals surface area contributed by atoms with Crippen LogP contribution in [0.25, 0.3) is 0 Å². The second kappa shape index (κ2) is 8.10. The van der Waals surface area contributed by atoms with Gasteiger partial charge in [-0.25, -0.2) is 13.1 Å². The Bertz CT molecular complexity index is 842. The lowest BCUT2D eigenvalue weighted by Crippen LogP contribution is -2.29. The summed E-state index contributed by atoms with van der Waals surface area (Å²) in [5, 5.41) is 3.90. The predicted octanol–water partition coefficient (Wildman–Crippen LogP) is 3.37. The van der Waals surface area contributed by atoms with Crippen molar-refractivity contribution in [2.45, 2.75) is 65.2 Å². The Kier molecular flexibility index (Phi) is 6.47. The molecule has 0 aliphatic rings. The third kappa shape index (κ3) is 6.74. The van der Waals surface area contributed by atoms with E-state index in [0.717, 1.165) is 5.56 Å². The summed E-state index contributed by atoms with van der Waals surface area (Å²) in [5.74, 6) is 1.13. The van der Waals surface area contributed by atoms with Gasteiger partial charge in [0.1, 0.15) is 0 Å². The quantitative estimate of drug-likeness (QED) is 0.779. The molecular formula is C20H31N3O3S. The Morgan fingerprint density at radius 3 is 2.11 bits per heavy atom. The number of nitrogens with zero attached hydrogens (tertiary/aromatic N) is 2. The molecule has 0 spiro atoms. The number of hydrogen-bond acceptors (Lipinski definition) is 5. The van der Waals surface area contributed by atoms with Gasteiger partial charge in [-0.3, -0.25) is 0 Å². The van der Waals surface area contributed by atoms with E-state index in [1.165, 1.54) is 5.56 Å². The number of nitrogens with one attached hydrogen (secondary N) is 1. The Labute approximate surface area is 162 Å². The molecule has 0 atom stereocenters. The third-order valence-electron chi connectivity index (χ3n) is 4.26. The van der Waals surface area contributed by atoms with Crippen LogP contribution in [0.4, 0.5) is 0 Å². The minimum Gasteiger partial charge on any atom is -0.339 e. The molecule has 2 rings (SSSR count). The normalized spacial score (nSPS) is 13.1. The van der Waals surface area contributed by atoms with E-state index >= 15 is 0 Å². The van der Waals surface area contributed by atoms with Crippen LogP contribution in [0.3, 0.4) is 0 Å². The molecule has 0 unspecified atom stereocenters. The molecule has 0 radical (unpaired) electrons. The summed E-state index contributed by atoms with van der Waals surface area (Å²) in [6.07, 6.45) is 0.884. The van der Waals surface area contributed by atoms with Crippen LogP contribution in [0.1, 0.15) is 64.4 Å². The summed E-state index contributed by atoms with van der Waals surface area (Å²) in [6.45, 7) is 12.7. The van der Waals surface area contributed by atoms with Crippen LogP contribution in [0.15, 0.2) is 28.8 Å². The van der Waals surface area contributed by atoms with Crippen molar-refractivity contribution in [3.63, 3.8) is 0 Å². The van der Waals surface area contributed by atoms with Crippen LogP contribution in [0, 0.1) is 0 Å². The highest BCUT2D eigenvalue weighted by molar-refractivity contribution is 7.89. The van der Waals surface area contributed by atoms with Gasteiger partial charge in [-0.2, -0.15) is 4.98 Å². The maximum Gasteiger partial charge on any atom is 0.232 e. The van der Waals surface area contributed by atoms with Crippen LogP contribution in [-0.2, 0) is 33.7 Å². The van der Waals surface area contributed by atoms with E-state index in [9.17, 15) is 8.42 Å². The topological polar surface area (TPSA) is 85.1 Å². The second-order valence-electron chi connectivity index (χ2n) is 8.93. The van der Waals surface area contributed by atoms with Crippen LogP contribution >= 0.6 is 0 Å². The maximum absolute atomic E-state index is 12.2. The molecule has 1 aromatic carbocycles. The average molecular weight is 394 g/mol. The minimum atomic E-state index is -3.35. The standard InChI is InChI=1S/C20H31N3O3S/c1-19(2,3)16-9-7-15(8-10-16)12-14-27(24,25)21-13-11-17-22-18(26-23-17)20(4,5)6/h7-10,21H,11-14H2,1-6H3. The lowest BCUT2D eigenvalue weighted by molar-refractivity contribution is 0.318. The molecule has 6 nitrogen and oxygen atoms in total. The maximum atomic E-state index is 12.2. The summed E-state index contributed by atoms with van der Waals surface area (Å²) >= 11 is 0. The predicted molar refractivity (Wildman–Crippen MR) is 107 cm³/mol. The van der Waals surface area contributed by atoms with Crippen molar-refractivity contribution >= 4 is 10.0 Å². The zero-order valence-electron chi connectivity index (χ0n) is 17.2. The number of aromatic nitrogens is 2. The van der Waals surface area contributed by atoms with Gasteiger partial charge in [-0.15, -0.1) is 0 Å². The number of aryl methyl sites for hydroxylation is 1. The monoisotopic (exact) mass is 393 g/mol. The zero-order valence-corrected chi connectivity index (χ0v) is 18.0. The average Bonchev–Trinajstić information content (AvgIpc) is 3.02. The first-order valence-corrected chi connectivity index (χ1v) is 10.9. The highest BCUT2D eigenvalue weighted by Crippen LogP contribution is 2.22. The van der Waals surface area contributed by atoms with Crippen molar-refractivity contribution in [2.24, 2.45) is 0 Å². The lowest BCUT2D eigenvalue weighted by Gasteiger charge is -2.19. The van der Waals surface area contributed by atoms with Crippen molar-refractivity contribution in [1.29, 1.82) is 0 Å². The summed E-state index contributed by atoms with van der Waals surface area (Å²) in [7, 11) is -3.35. The van der Waals surface area contributed by atoms with Crippen LogP contribution in [0.2, 0.25) is 0 Å². The fraction of sp³-hybridized carbons (Fsp3) is 0.600. The minimum absolute atomic E-state index is 0.0569. The molecule has 1 N–H and O–H groups in total. The van der Waals surface area contributed by atoms with Gasteiger partial charge in [0.15, 0.2) is 5.82 Å². The highest BCUT2D eigenvalue weighted by atomic mass is 32.2. The Hall–Kier alpha value is -1.73. The van der Waals surface area contributed by atoms with Gasteiger partial charge in [0.05, 0.1) is 5.75 Å². The van der Waals surface area contributed by atoms with Crippen molar-refractivity contribution in [1.82, 2.24) is 14.9 Å². The van der Waals surface area contributed by atoms with E-state index in [-0.39, 0.29) is 23.1 Å². The molecule has 150 valence electrons.